The fourth-order valence-corrected chi connectivity index (χ4v) is 1.59. The first-order valence-electron chi connectivity index (χ1n) is 6.50. The first-order chi connectivity index (χ1) is 9.81. The van der Waals surface area contributed by atoms with Gasteiger partial charge in [-0.2, -0.15) is 4.98 Å². The number of pyridine rings is 1. The molecule has 2 aromatic rings. The molecule has 2 aromatic heterocycles. The van der Waals surface area contributed by atoms with Crippen LogP contribution in [-0.4, -0.2) is 28.6 Å². The van der Waals surface area contributed by atoms with E-state index in [0.717, 1.165) is 18.8 Å². The summed E-state index contributed by atoms with van der Waals surface area (Å²) in [5.74, 6) is 2.41. The van der Waals surface area contributed by atoms with Crippen molar-refractivity contribution in [3.05, 3.63) is 36.4 Å². The van der Waals surface area contributed by atoms with Crippen molar-refractivity contribution in [2.24, 2.45) is 0 Å². The molecular formula is C14H18N4O2. The van der Waals surface area contributed by atoms with E-state index in [0.29, 0.717) is 24.1 Å². The normalized spacial score (nSPS) is 10.3. The van der Waals surface area contributed by atoms with Crippen LogP contribution in [0.1, 0.15) is 19.2 Å². The topological polar surface area (TPSA) is 69.2 Å². The minimum Gasteiger partial charge on any atom is -0.437 e. The van der Waals surface area contributed by atoms with Crippen LogP contribution in [0.15, 0.2) is 30.6 Å². The van der Waals surface area contributed by atoms with Crippen molar-refractivity contribution in [3.63, 3.8) is 0 Å². The highest BCUT2D eigenvalue weighted by atomic mass is 16.5. The molecule has 0 amide bonds. The average Bonchev–Trinajstić information content (AvgIpc) is 2.46. The summed E-state index contributed by atoms with van der Waals surface area (Å²) in [6.07, 6.45) is 4.34. The molecule has 0 aliphatic rings. The Morgan fingerprint density at radius 3 is 2.90 bits per heavy atom. The van der Waals surface area contributed by atoms with Gasteiger partial charge < -0.3 is 14.8 Å². The molecule has 0 fully saturated rings. The molecule has 1 N–H and O–H groups in total. The van der Waals surface area contributed by atoms with Gasteiger partial charge >= 0.3 is 0 Å². The van der Waals surface area contributed by atoms with Crippen LogP contribution in [0, 0.1) is 0 Å². The van der Waals surface area contributed by atoms with Crippen molar-refractivity contribution < 1.29 is 9.47 Å². The number of aromatic nitrogens is 3. The van der Waals surface area contributed by atoms with E-state index in [4.69, 9.17) is 9.47 Å². The molecular weight excluding hydrogens is 256 g/mol. The molecule has 2 rings (SSSR count). The molecule has 6 heteroatoms. The van der Waals surface area contributed by atoms with Crippen molar-refractivity contribution in [1.29, 1.82) is 0 Å². The lowest BCUT2D eigenvalue weighted by Gasteiger charge is -2.09. The van der Waals surface area contributed by atoms with Crippen LogP contribution in [0.25, 0.3) is 0 Å². The van der Waals surface area contributed by atoms with Crippen LogP contribution < -0.4 is 10.1 Å². The fourth-order valence-electron chi connectivity index (χ4n) is 1.59. The average molecular weight is 274 g/mol. The van der Waals surface area contributed by atoms with Gasteiger partial charge in [-0.15, -0.1) is 0 Å². The van der Waals surface area contributed by atoms with Crippen molar-refractivity contribution >= 4 is 5.82 Å². The predicted octanol–water partition coefficient (Wildman–Crippen LogP) is 2.63. The van der Waals surface area contributed by atoms with Crippen molar-refractivity contribution in [2.45, 2.75) is 20.0 Å². The van der Waals surface area contributed by atoms with Crippen molar-refractivity contribution in [1.82, 2.24) is 15.0 Å². The molecule has 0 saturated heterocycles. The Morgan fingerprint density at radius 2 is 2.20 bits per heavy atom. The number of hydrogen-bond donors (Lipinski definition) is 1. The Balaban J connectivity index is 2.19. The highest BCUT2D eigenvalue weighted by Crippen LogP contribution is 2.20. The standard InChI is InChI=1S/C14H18N4O2/c1-3-6-16-12-8-14(18-13(17-12)10-19-2)20-11-5-4-7-15-9-11/h4-5,7-9H,3,6,10H2,1-2H3,(H,16,17,18). The van der Waals surface area contributed by atoms with E-state index in [-0.39, 0.29) is 0 Å². The van der Waals surface area contributed by atoms with E-state index >= 15 is 0 Å². The third-order valence-electron chi connectivity index (χ3n) is 2.44. The number of anilines is 1. The maximum absolute atomic E-state index is 5.68. The molecule has 0 aliphatic heterocycles. The second-order valence-corrected chi connectivity index (χ2v) is 4.16. The van der Waals surface area contributed by atoms with E-state index in [2.05, 4.69) is 27.2 Å². The third kappa shape index (κ3) is 4.17. The SMILES string of the molecule is CCCNc1cc(Oc2cccnc2)nc(COC)n1. The zero-order chi connectivity index (χ0) is 14.2. The highest BCUT2D eigenvalue weighted by Gasteiger charge is 2.06. The van der Waals surface area contributed by atoms with E-state index in [1.807, 2.05) is 12.1 Å². The summed E-state index contributed by atoms with van der Waals surface area (Å²) < 4.78 is 10.7. The Bertz CT molecular complexity index is 534. The largest absolute Gasteiger partial charge is 0.437 e. The predicted molar refractivity (Wildman–Crippen MR) is 75.8 cm³/mol. The molecule has 0 aliphatic carbocycles. The molecule has 0 aromatic carbocycles. The van der Waals surface area contributed by atoms with Gasteiger partial charge in [0, 0.05) is 25.9 Å². The maximum Gasteiger partial charge on any atom is 0.224 e. The summed E-state index contributed by atoms with van der Waals surface area (Å²) in [4.78, 5) is 12.7. The van der Waals surface area contributed by atoms with E-state index in [1.165, 1.54) is 0 Å². The molecule has 106 valence electrons. The van der Waals surface area contributed by atoms with Gasteiger partial charge in [-0.3, -0.25) is 4.98 Å². The Labute approximate surface area is 118 Å². The van der Waals surface area contributed by atoms with Crippen LogP contribution in [-0.2, 0) is 11.3 Å². The van der Waals surface area contributed by atoms with Gasteiger partial charge in [0.15, 0.2) is 5.82 Å². The summed E-state index contributed by atoms with van der Waals surface area (Å²) in [5, 5.41) is 3.22. The van der Waals surface area contributed by atoms with Crippen molar-refractivity contribution in [3.8, 4) is 11.6 Å². The van der Waals surface area contributed by atoms with Crippen LogP contribution >= 0.6 is 0 Å². The number of nitrogens with one attached hydrogen (secondary N) is 1. The third-order valence-corrected chi connectivity index (χ3v) is 2.44. The van der Waals surface area contributed by atoms with Gasteiger partial charge in [0.1, 0.15) is 18.2 Å². The fraction of sp³-hybridized carbons (Fsp3) is 0.357. The van der Waals surface area contributed by atoms with Crippen LogP contribution in [0.2, 0.25) is 0 Å². The van der Waals surface area contributed by atoms with E-state index in [9.17, 15) is 0 Å². The number of methoxy groups -OCH3 is 1. The van der Waals surface area contributed by atoms with Gasteiger partial charge in [-0.05, 0) is 18.6 Å². The molecule has 2 heterocycles. The first kappa shape index (κ1) is 14.2. The lowest BCUT2D eigenvalue weighted by molar-refractivity contribution is 0.177. The van der Waals surface area contributed by atoms with Gasteiger partial charge in [-0.25, -0.2) is 4.98 Å². The number of ether oxygens (including phenoxy) is 2. The first-order valence-corrected chi connectivity index (χ1v) is 6.50. The van der Waals surface area contributed by atoms with Crippen LogP contribution in [0.5, 0.6) is 11.6 Å². The monoisotopic (exact) mass is 274 g/mol. The highest BCUT2D eigenvalue weighted by molar-refractivity contribution is 5.39. The summed E-state index contributed by atoms with van der Waals surface area (Å²) in [6.45, 7) is 3.28. The summed E-state index contributed by atoms with van der Waals surface area (Å²) >= 11 is 0. The van der Waals surface area contributed by atoms with E-state index < -0.39 is 0 Å². The quantitative estimate of drug-likeness (QED) is 0.837. The second-order valence-electron chi connectivity index (χ2n) is 4.16. The molecule has 0 unspecified atom stereocenters. The Hall–Kier alpha value is -2.21. The number of hydrogen-bond acceptors (Lipinski definition) is 6. The zero-order valence-electron chi connectivity index (χ0n) is 11.7. The number of rotatable bonds is 7. The van der Waals surface area contributed by atoms with Gasteiger partial charge in [-0.1, -0.05) is 6.92 Å². The van der Waals surface area contributed by atoms with Gasteiger partial charge in [0.05, 0.1) is 6.20 Å². The minimum atomic E-state index is 0.338. The Kier molecular flexibility index (Phi) is 5.25. The van der Waals surface area contributed by atoms with Crippen molar-refractivity contribution in [2.75, 3.05) is 19.0 Å². The molecule has 6 nitrogen and oxygen atoms in total. The van der Waals surface area contributed by atoms with Crippen LogP contribution in [0.3, 0.4) is 0 Å². The van der Waals surface area contributed by atoms with Gasteiger partial charge in [0.25, 0.3) is 0 Å². The molecule has 0 spiro atoms. The molecule has 0 atom stereocenters. The summed E-state index contributed by atoms with van der Waals surface area (Å²) in [6, 6.07) is 5.40. The minimum absolute atomic E-state index is 0.338. The zero-order valence-corrected chi connectivity index (χ0v) is 11.7. The van der Waals surface area contributed by atoms with E-state index in [1.54, 1.807) is 25.6 Å². The lowest BCUT2D eigenvalue weighted by atomic mass is 10.4. The maximum atomic E-state index is 5.68. The Morgan fingerprint density at radius 1 is 1.30 bits per heavy atom. The van der Waals surface area contributed by atoms with Crippen LogP contribution in [0.4, 0.5) is 5.82 Å². The number of nitrogens with zero attached hydrogens (tertiary/aromatic N) is 3. The summed E-state index contributed by atoms with van der Waals surface area (Å²) in [7, 11) is 1.61. The molecule has 0 bridgehead atoms. The molecule has 0 saturated carbocycles. The molecule has 20 heavy (non-hydrogen) atoms. The smallest absolute Gasteiger partial charge is 0.224 e. The lowest BCUT2D eigenvalue weighted by Crippen LogP contribution is -2.06. The van der Waals surface area contributed by atoms with Gasteiger partial charge in [0.2, 0.25) is 5.88 Å². The molecule has 0 radical (unpaired) electrons. The second kappa shape index (κ2) is 7.40. The summed E-state index contributed by atoms with van der Waals surface area (Å²) in [5.41, 5.74) is 0.